The second-order valence-corrected chi connectivity index (χ2v) is 12.6. The predicted octanol–water partition coefficient (Wildman–Crippen LogP) is 6.01. The number of hydrogen-bond acceptors (Lipinski definition) is 11. The van der Waals surface area contributed by atoms with E-state index in [4.69, 9.17) is 24.1 Å². The molecule has 0 aliphatic rings. The number of benzene rings is 2. The van der Waals surface area contributed by atoms with Crippen LogP contribution >= 0.6 is 0 Å². The molecule has 0 fully saturated rings. The molecule has 0 spiro atoms. The van der Waals surface area contributed by atoms with Crippen LogP contribution in [-0.4, -0.2) is 88.0 Å². The fourth-order valence-corrected chi connectivity index (χ4v) is 5.38. The van der Waals surface area contributed by atoms with Gasteiger partial charge in [0.1, 0.15) is 17.8 Å². The first-order chi connectivity index (χ1) is 25.9. The molecule has 14 nitrogen and oxygen atoms in total. The highest BCUT2D eigenvalue weighted by atomic mass is 16.5. The molecule has 53 heavy (non-hydrogen) atoms. The van der Waals surface area contributed by atoms with Crippen LogP contribution in [0.15, 0.2) is 67.1 Å². The Labute approximate surface area is 311 Å². The summed E-state index contributed by atoms with van der Waals surface area (Å²) in [6, 6.07) is 16.8. The zero-order chi connectivity index (χ0) is 37.5. The summed E-state index contributed by atoms with van der Waals surface area (Å²) in [5, 5.41) is 23.6. The van der Waals surface area contributed by atoms with Crippen molar-refractivity contribution in [2.24, 2.45) is 7.05 Å². The molecule has 0 radical (unpaired) electrons. The molecule has 2 heterocycles. The van der Waals surface area contributed by atoms with Gasteiger partial charge >= 0.3 is 5.97 Å². The minimum atomic E-state index is -0.746. The SMILES string of the molecule is C[C@@H](NC(=O)c1cccc(NCc2nnc(-c3ccncn3)n2C)c1)c1ccc(OCCCCCCOCCOCCOCCCCCC(=O)O)cc1. The zero-order valence-electron chi connectivity index (χ0n) is 30.9. The summed E-state index contributed by atoms with van der Waals surface area (Å²) in [7, 11) is 1.89. The summed E-state index contributed by atoms with van der Waals surface area (Å²) in [4.78, 5) is 31.8. The van der Waals surface area contributed by atoms with E-state index in [2.05, 4.69) is 30.8 Å². The van der Waals surface area contributed by atoms with Crippen molar-refractivity contribution < 1.29 is 33.6 Å². The fourth-order valence-electron chi connectivity index (χ4n) is 5.38. The van der Waals surface area contributed by atoms with E-state index < -0.39 is 5.97 Å². The lowest BCUT2D eigenvalue weighted by molar-refractivity contribution is -0.137. The highest BCUT2D eigenvalue weighted by molar-refractivity contribution is 5.95. The summed E-state index contributed by atoms with van der Waals surface area (Å²) >= 11 is 0. The Hall–Kier alpha value is -4.92. The second-order valence-electron chi connectivity index (χ2n) is 12.6. The summed E-state index contributed by atoms with van der Waals surface area (Å²) in [6.45, 7) is 6.58. The van der Waals surface area contributed by atoms with Crippen LogP contribution < -0.4 is 15.4 Å². The van der Waals surface area contributed by atoms with E-state index in [9.17, 15) is 9.59 Å². The smallest absolute Gasteiger partial charge is 0.303 e. The van der Waals surface area contributed by atoms with Gasteiger partial charge in [0.15, 0.2) is 11.6 Å². The van der Waals surface area contributed by atoms with E-state index in [1.807, 2.05) is 61.0 Å². The third-order valence-electron chi connectivity index (χ3n) is 8.45. The third kappa shape index (κ3) is 15.3. The third-order valence-corrected chi connectivity index (χ3v) is 8.45. The Kier molecular flexibility index (Phi) is 18.2. The highest BCUT2D eigenvalue weighted by Gasteiger charge is 2.14. The zero-order valence-corrected chi connectivity index (χ0v) is 30.9. The van der Waals surface area contributed by atoms with Crippen LogP contribution in [0.2, 0.25) is 0 Å². The van der Waals surface area contributed by atoms with Gasteiger partial charge < -0.3 is 39.3 Å². The van der Waals surface area contributed by atoms with Gasteiger partial charge in [-0.15, -0.1) is 10.2 Å². The molecule has 4 aromatic rings. The minimum absolute atomic E-state index is 0.161. The fraction of sp³-hybridized carbons (Fsp3) is 0.487. The van der Waals surface area contributed by atoms with E-state index in [0.717, 1.165) is 61.3 Å². The molecule has 0 unspecified atom stereocenters. The van der Waals surface area contributed by atoms with Crippen LogP contribution in [0.25, 0.3) is 11.5 Å². The number of carboxylic acid groups (broad SMARTS) is 1. The first kappa shape index (κ1) is 40.8. The number of unbranched alkanes of at least 4 members (excludes halogenated alkanes) is 5. The predicted molar refractivity (Wildman–Crippen MR) is 201 cm³/mol. The Balaban J connectivity index is 1.02. The van der Waals surface area contributed by atoms with Crippen molar-refractivity contribution in [1.29, 1.82) is 0 Å². The summed E-state index contributed by atoms with van der Waals surface area (Å²) < 4.78 is 24.5. The number of aromatic nitrogens is 5. The molecule has 0 bridgehead atoms. The molecule has 4 rings (SSSR count). The molecule has 1 atom stereocenters. The van der Waals surface area contributed by atoms with E-state index in [1.54, 1.807) is 18.3 Å². The number of carbonyl (C=O) groups excluding carboxylic acids is 1. The number of amides is 1. The molecule has 286 valence electrons. The lowest BCUT2D eigenvalue weighted by atomic mass is 10.1. The normalized spacial score (nSPS) is 11.7. The topological polar surface area (TPSA) is 172 Å². The number of ether oxygens (including phenoxy) is 4. The van der Waals surface area contributed by atoms with E-state index in [1.165, 1.54) is 6.33 Å². The van der Waals surface area contributed by atoms with Crippen molar-refractivity contribution in [3.8, 4) is 17.3 Å². The van der Waals surface area contributed by atoms with Crippen LogP contribution in [0, 0.1) is 0 Å². The van der Waals surface area contributed by atoms with Crippen LogP contribution in [0.3, 0.4) is 0 Å². The van der Waals surface area contributed by atoms with Crippen molar-refractivity contribution in [2.75, 3.05) is 51.6 Å². The Morgan fingerprint density at radius 3 is 2.17 bits per heavy atom. The van der Waals surface area contributed by atoms with Gasteiger partial charge in [-0.1, -0.05) is 31.0 Å². The highest BCUT2D eigenvalue weighted by Crippen LogP contribution is 2.20. The van der Waals surface area contributed by atoms with Crippen LogP contribution in [-0.2, 0) is 32.6 Å². The van der Waals surface area contributed by atoms with E-state index in [0.29, 0.717) is 76.3 Å². The number of rotatable bonds is 27. The van der Waals surface area contributed by atoms with E-state index in [-0.39, 0.29) is 18.4 Å². The molecule has 0 aliphatic carbocycles. The summed E-state index contributed by atoms with van der Waals surface area (Å²) in [5.41, 5.74) is 3.04. The molecule has 1 amide bonds. The number of nitrogens with zero attached hydrogens (tertiary/aromatic N) is 5. The van der Waals surface area contributed by atoms with Crippen molar-refractivity contribution in [2.45, 2.75) is 70.9 Å². The van der Waals surface area contributed by atoms with Gasteiger partial charge in [0, 0.05) is 44.1 Å². The lowest BCUT2D eigenvalue weighted by Crippen LogP contribution is -2.26. The van der Waals surface area contributed by atoms with Crippen LogP contribution in [0.1, 0.15) is 86.1 Å². The summed E-state index contributed by atoms with van der Waals surface area (Å²) in [6.07, 6.45) is 9.91. The quantitative estimate of drug-likeness (QED) is 0.0611. The minimum Gasteiger partial charge on any atom is -0.494 e. The number of hydrogen-bond donors (Lipinski definition) is 3. The van der Waals surface area contributed by atoms with Crippen LogP contribution in [0.5, 0.6) is 5.75 Å². The van der Waals surface area contributed by atoms with Gasteiger partial charge in [-0.25, -0.2) is 9.97 Å². The number of anilines is 1. The van der Waals surface area contributed by atoms with E-state index >= 15 is 0 Å². The van der Waals surface area contributed by atoms with Gasteiger partial charge in [-0.2, -0.15) is 0 Å². The molecule has 0 saturated carbocycles. The van der Waals surface area contributed by atoms with Crippen molar-refractivity contribution >= 4 is 17.6 Å². The monoisotopic (exact) mass is 731 g/mol. The molecular weight excluding hydrogens is 678 g/mol. The van der Waals surface area contributed by atoms with Crippen molar-refractivity contribution in [3.63, 3.8) is 0 Å². The van der Waals surface area contributed by atoms with Gasteiger partial charge in [0.05, 0.1) is 45.6 Å². The first-order valence-corrected chi connectivity index (χ1v) is 18.4. The molecule has 14 heteroatoms. The molecule has 2 aromatic heterocycles. The maximum absolute atomic E-state index is 13.1. The Morgan fingerprint density at radius 2 is 1.49 bits per heavy atom. The molecule has 2 aromatic carbocycles. The maximum Gasteiger partial charge on any atom is 0.303 e. The largest absolute Gasteiger partial charge is 0.494 e. The van der Waals surface area contributed by atoms with Gasteiger partial charge in [-0.3, -0.25) is 9.59 Å². The Bertz CT molecular complexity index is 1640. The standard InChI is InChI=1S/C39H53N7O7/c1-30(43-39(49)32-11-10-12-33(27-32)41-28-36-44-45-38(46(36)2)35-18-19-40-29-42-35)31-14-16-34(17-15-31)53-22-9-4-3-7-20-50-23-25-52-26-24-51-21-8-5-6-13-37(47)48/h10-12,14-19,27,29-30,41H,3-9,13,20-26,28H2,1-2H3,(H,43,49)(H,47,48)/t30-/m1/s1. The number of carbonyl (C=O) groups is 2. The van der Waals surface area contributed by atoms with Crippen molar-refractivity contribution in [3.05, 3.63) is 84.1 Å². The Morgan fingerprint density at radius 1 is 0.811 bits per heavy atom. The van der Waals surface area contributed by atoms with Gasteiger partial charge in [0.25, 0.3) is 5.91 Å². The molecule has 0 saturated heterocycles. The van der Waals surface area contributed by atoms with Crippen molar-refractivity contribution in [1.82, 2.24) is 30.0 Å². The maximum atomic E-state index is 13.1. The number of aliphatic carboxylic acids is 1. The second kappa shape index (κ2) is 23.6. The van der Waals surface area contributed by atoms with Gasteiger partial charge in [0.2, 0.25) is 0 Å². The number of nitrogens with one attached hydrogen (secondary N) is 2. The van der Waals surface area contributed by atoms with Crippen LogP contribution in [0.4, 0.5) is 5.69 Å². The lowest BCUT2D eigenvalue weighted by Gasteiger charge is -2.16. The average molecular weight is 732 g/mol. The number of carboxylic acids is 1. The molecular formula is C39H53N7O7. The summed E-state index contributed by atoms with van der Waals surface area (Å²) in [5.74, 6) is 1.28. The average Bonchev–Trinajstić information content (AvgIpc) is 3.55. The molecule has 0 aliphatic heterocycles. The van der Waals surface area contributed by atoms with Gasteiger partial charge in [-0.05, 0) is 81.0 Å². The molecule has 3 N–H and O–H groups in total. The first-order valence-electron chi connectivity index (χ1n) is 18.4.